The maximum Gasteiger partial charge on any atom is 0.319 e. The molecule has 0 atom stereocenters. The zero-order valence-electron chi connectivity index (χ0n) is 13.8. The average Bonchev–Trinajstić information content (AvgIpc) is 2.57. The largest absolute Gasteiger partial charge is 0.494 e. The van der Waals surface area contributed by atoms with Crippen molar-refractivity contribution in [3.63, 3.8) is 0 Å². The molecule has 4 heteroatoms. The summed E-state index contributed by atoms with van der Waals surface area (Å²) in [5.41, 5.74) is 3.30. The monoisotopic (exact) mass is 312 g/mol. The highest BCUT2D eigenvalue weighted by Crippen LogP contribution is 2.15. The molecule has 4 nitrogen and oxygen atoms in total. The van der Waals surface area contributed by atoms with E-state index in [-0.39, 0.29) is 6.03 Å². The van der Waals surface area contributed by atoms with Gasteiger partial charge in [-0.1, -0.05) is 31.2 Å². The van der Waals surface area contributed by atoms with Crippen LogP contribution in [0.25, 0.3) is 0 Å². The molecule has 0 spiro atoms. The van der Waals surface area contributed by atoms with Gasteiger partial charge in [-0.05, 0) is 55.2 Å². The summed E-state index contributed by atoms with van der Waals surface area (Å²) in [6, 6.07) is 15.6. The molecule has 2 rings (SSSR count). The van der Waals surface area contributed by atoms with Gasteiger partial charge >= 0.3 is 6.03 Å². The standard InChI is InChI=1S/C19H24N2O2/c1-3-15-5-7-16(8-6-15)13-14-20-19(22)21-17-9-11-18(12-10-17)23-4-2/h5-12H,3-4,13-14H2,1-2H3,(H2,20,21,22). The van der Waals surface area contributed by atoms with Crippen LogP contribution in [0.3, 0.4) is 0 Å². The number of carbonyl (C=O) groups excluding carboxylic acids is 1. The highest BCUT2D eigenvalue weighted by Gasteiger charge is 2.02. The predicted octanol–water partition coefficient (Wildman–Crippen LogP) is 4.01. The third-order valence-electron chi connectivity index (χ3n) is 3.55. The van der Waals surface area contributed by atoms with E-state index in [4.69, 9.17) is 4.74 Å². The van der Waals surface area contributed by atoms with Crippen LogP contribution >= 0.6 is 0 Å². The maximum absolute atomic E-state index is 11.9. The Morgan fingerprint density at radius 1 is 0.957 bits per heavy atom. The van der Waals surface area contributed by atoms with Gasteiger partial charge < -0.3 is 15.4 Å². The molecule has 0 aliphatic rings. The minimum atomic E-state index is -0.195. The van der Waals surface area contributed by atoms with Crippen LogP contribution in [0.5, 0.6) is 5.75 Å². The Bertz CT molecular complexity index is 606. The lowest BCUT2D eigenvalue weighted by molar-refractivity contribution is 0.252. The fraction of sp³-hybridized carbons (Fsp3) is 0.316. The number of anilines is 1. The molecule has 2 N–H and O–H groups in total. The van der Waals surface area contributed by atoms with Gasteiger partial charge in [0.25, 0.3) is 0 Å². The number of hydrogen-bond donors (Lipinski definition) is 2. The molecule has 0 aliphatic heterocycles. The quantitative estimate of drug-likeness (QED) is 0.811. The van der Waals surface area contributed by atoms with Gasteiger partial charge in [0.15, 0.2) is 0 Å². The third kappa shape index (κ3) is 5.66. The molecule has 0 saturated heterocycles. The van der Waals surface area contributed by atoms with Crippen LogP contribution < -0.4 is 15.4 Å². The number of ether oxygens (including phenoxy) is 1. The second-order valence-corrected chi connectivity index (χ2v) is 5.26. The van der Waals surface area contributed by atoms with Crippen LogP contribution in [-0.4, -0.2) is 19.2 Å². The van der Waals surface area contributed by atoms with E-state index >= 15 is 0 Å². The van der Waals surface area contributed by atoms with Gasteiger partial charge in [-0.15, -0.1) is 0 Å². The summed E-state index contributed by atoms with van der Waals surface area (Å²) in [6.07, 6.45) is 1.86. The molecule has 2 aromatic carbocycles. The van der Waals surface area contributed by atoms with Gasteiger partial charge in [0, 0.05) is 12.2 Å². The normalized spacial score (nSPS) is 10.2. The Labute approximate surface area is 137 Å². The molecule has 0 heterocycles. The Morgan fingerprint density at radius 3 is 2.22 bits per heavy atom. The number of aryl methyl sites for hydroxylation is 1. The van der Waals surface area contributed by atoms with Gasteiger partial charge in [-0.3, -0.25) is 0 Å². The molecular weight excluding hydrogens is 288 g/mol. The molecule has 0 saturated carbocycles. The van der Waals surface area contributed by atoms with E-state index in [1.165, 1.54) is 11.1 Å². The van der Waals surface area contributed by atoms with Gasteiger partial charge in [0.05, 0.1) is 6.61 Å². The number of amides is 2. The smallest absolute Gasteiger partial charge is 0.319 e. The lowest BCUT2D eigenvalue weighted by Gasteiger charge is -2.09. The van der Waals surface area contributed by atoms with E-state index in [0.717, 1.165) is 24.3 Å². The van der Waals surface area contributed by atoms with E-state index in [1.54, 1.807) is 0 Å². The first-order valence-electron chi connectivity index (χ1n) is 8.06. The van der Waals surface area contributed by atoms with Gasteiger partial charge in [0.1, 0.15) is 5.75 Å². The van der Waals surface area contributed by atoms with E-state index in [9.17, 15) is 4.79 Å². The van der Waals surface area contributed by atoms with E-state index in [0.29, 0.717) is 13.2 Å². The molecule has 2 aromatic rings. The Morgan fingerprint density at radius 2 is 1.61 bits per heavy atom. The summed E-state index contributed by atoms with van der Waals surface area (Å²) < 4.78 is 5.37. The van der Waals surface area contributed by atoms with Crippen LogP contribution in [-0.2, 0) is 12.8 Å². The van der Waals surface area contributed by atoms with Gasteiger partial charge in [-0.25, -0.2) is 4.79 Å². The van der Waals surface area contributed by atoms with Crippen LogP contribution in [0, 0.1) is 0 Å². The number of rotatable bonds is 7. The lowest BCUT2D eigenvalue weighted by Crippen LogP contribution is -2.30. The molecule has 122 valence electrons. The van der Waals surface area contributed by atoms with Crippen molar-refractivity contribution in [1.29, 1.82) is 0 Å². The summed E-state index contributed by atoms with van der Waals surface area (Å²) in [6.45, 7) is 5.32. The van der Waals surface area contributed by atoms with Crippen molar-refractivity contribution >= 4 is 11.7 Å². The number of urea groups is 1. The van der Waals surface area contributed by atoms with Crippen molar-refractivity contribution in [3.8, 4) is 5.75 Å². The molecule has 0 radical (unpaired) electrons. The van der Waals surface area contributed by atoms with Gasteiger partial charge in [-0.2, -0.15) is 0 Å². The molecular formula is C19H24N2O2. The highest BCUT2D eigenvalue weighted by molar-refractivity contribution is 5.89. The zero-order valence-corrected chi connectivity index (χ0v) is 13.8. The van der Waals surface area contributed by atoms with E-state index in [1.807, 2.05) is 31.2 Å². The van der Waals surface area contributed by atoms with E-state index < -0.39 is 0 Å². The molecule has 0 bridgehead atoms. The minimum Gasteiger partial charge on any atom is -0.494 e. The second-order valence-electron chi connectivity index (χ2n) is 5.26. The average molecular weight is 312 g/mol. The summed E-state index contributed by atoms with van der Waals surface area (Å²) in [5, 5.41) is 5.68. The number of nitrogens with one attached hydrogen (secondary N) is 2. The lowest BCUT2D eigenvalue weighted by atomic mass is 10.1. The Kier molecular flexibility index (Phi) is 6.48. The van der Waals surface area contributed by atoms with Crippen molar-refractivity contribution in [1.82, 2.24) is 5.32 Å². The Balaban J connectivity index is 1.73. The topological polar surface area (TPSA) is 50.4 Å². The molecule has 23 heavy (non-hydrogen) atoms. The maximum atomic E-state index is 11.9. The second kappa shape index (κ2) is 8.83. The number of benzene rings is 2. The van der Waals surface area contributed by atoms with Gasteiger partial charge in [0.2, 0.25) is 0 Å². The SMILES string of the molecule is CCOc1ccc(NC(=O)NCCc2ccc(CC)cc2)cc1. The zero-order chi connectivity index (χ0) is 16.5. The fourth-order valence-electron chi connectivity index (χ4n) is 2.24. The summed E-state index contributed by atoms with van der Waals surface area (Å²) in [4.78, 5) is 11.9. The summed E-state index contributed by atoms with van der Waals surface area (Å²) >= 11 is 0. The fourth-order valence-corrected chi connectivity index (χ4v) is 2.24. The predicted molar refractivity (Wildman–Crippen MR) is 94.2 cm³/mol. The highest BCUT2D eigenvalue weighted by atomic mass is 16.5. The first-order chi connectivity index (χ1) is 11.2. The first-order valence-corrected chi connectivity index (χ1v) is 8.06. The van der Waals surface area contributed by atoms with Crippen LogP contribution in [0.1, 0.15) is 25.0 Å². The van der Waals surface area contributed by atoms with Crippen LogP contribution in [0.2, 0.25) is 0 Å². The third-order valence-corrected chi connectivity index (χ3v) is 3.55. The summed E-state index contributed by atoms with van der Waals surface area (Å²) in [7, 11) is 0. The van der Waals surface area contributed by atoms with Crippen molar-refractivity contribution in [2.45, 2.75) is 26.7 Å². The molecule has 0 unspecified atom stereocenters. The minimum absolute atomic E-state index is 0.195. The molecule has 0 aromatic heterocycles. The molecule has 2 amide bonds. The van der Waals surface area contributed by atoms with Crippen molar-refractivity contribution in [3.05, 3.63) is 59.7 Å². The molecule has 0 aliphatic carbocycles. The number of carbonyl (C=O) groups is 1. The van der Waals surface area contributed by atoms with Crippen molar-refractivity contribution < 1.29 is 9.53 Å². The summed E-state index contributed by atoms with van der Waals surface area (Å²) in [5.74, 6) is 0.800. The van der Waals surface area contributed by atoms with E-state index in [2.05, 4.69) is 41.8 Å². The number of hydrogen-bond acceptors (Lipinski definition) is 2. The van der Waals surface area contributed by atoms with Crippen molar-refractivity contribution in [2.75, 3.05) is 18.5 Å². The Hall–Kier alpha value is -2.49. The van der Waals surface area contributed by atoms with Crippen LogP contribution in [0.15, 0.2) is 48.5 Å². The molecule has 0 fully saturated rings. The van der Waals surface area contributed by atoms with Crippen molar-refractivity contribution in [2.24, 2.45) is 0 Å². The van der Waals surface area contributed by atoms with Crippen LogP contribution in [0.4, 0.5) is 10.5 Å². The first kappa shape index (κ1) is 16.9.